The van der Waals surface area contributed by atoms with Crippen molar-refractivity contribution in [3.05, 3.63) is 41.0 Å². The number of hydrogen-bond acceptors (Lipinski definition) is 6. The summed E-state index contributed by atoms with van der Waals surface area (Å²) >= 11 is 5.99. The molecule has 0 radical (unpaired) electrons. The van der Waals surface area contributed by atoms with Gasteiger partial charge in [0.05, 0.1) is 19.3 Å². The molecule has 2 heterocycles. The fourth-order valence-corrected chi connectivity index (χ4v) is 3.16. The molecule has 1 aliphatic rings. The number of piperidine rings is 1. The van der Waals surface area contributed by atoms with E-state index in [1.54, 1.807) is 36.3 Å². The minimum Gasteiger partial charge on any atom is -0.382 e. The third-order valence-corrected chi connectivity index (χ3v) is 4.51. The second-order valence-electron chi connectivity index (χ2n) is 6.24. The number of hydrogen-bond donors (Lipinski definition) is 1. The van der Waals surface area contributed by atoms with Gasteiger partial charge in [-0.2, -0.15) is 4.98 Å². The van der Waals surface area contributed by atoms with Crippen molar-refractivity contribution < 1.29 is 18.8 Å². The van der Waals surface area contributed by atoms with Crippen LogP contribution in [0.5, 0.6) is 0 Å². The van der Waals surface area contributed by atoms with Crippen LogP contribution in [0.1, 0.15) is 37.0 Å². The molecular weight excluding hydrogens is 372 g/mol. The number of methoxy groups -OCH3 is 1. The van der Waals surface area contributed by atoms with Gasteiger partial charge in [-0.05, 0) is 37.5 Å². The monoisotopic (exact) mass is 394 g/mol. The van der Waals surface area contributed by atoms with Gasteiger partial charge in [0, 0.05) is 24.4 Å². The normalized spacial score (nSPS) is 17.1. The first-order valence-corrected chi connectivity index (χ1v) is 9.27. The van der Waals surface area contributed by atoms with Crippen molar-refractivity contribution in [3.63, 3.8) is 0 Å². The second kappa shape index (κ2) is 9.68. The topological polar surface area (TPSA) is 89.7 Å². The Hall–Kier alpha value is -2.16. The molecule has 0 saturated carbocycles. The average Bonchev–Trinajstić information content (AvgIpc) is 3.14. The van der Waals surface area contributed by atoms with Crippen LogP contribution >= 0.6 is 11.6 Å². The van der Waals surface area contributed by atoms with Gasteiger partial charge in [-0.3, -0.25) is 0 Å². The Kier molecular flexibility index (Phi) is 7.03. The Morgan fingerprint density at radius 3 is 3.11 bits per heavy atom. The van der Waals surface area contributed by atoms with E-state index in [2.05, 4.69) is 15.5 Å². The standard InChI is InChI=1S/C18H23ClN4O4/c1-25-9-10-26-12-16-21-17(22-27-16)15-7-2-3-8-23(15)18(24)20-14-6-4-5-13(19)11-14/h4-6,11,15H,2-3,7-10,12H2,1H3,(H,20,24). The lowest BCUT2D eigenvalue weighted by atomic mass is 10.0. The number of aromatic nitrogens is 2. The molecule has 0 bridgehead atoms. The van der Waals surface area contributed by atoms with Gasteiger partial charge in [0.2, 0.25) is 0 Å². The molecule has 146 valence electrons. The van der Waals surface area contributed by atoms with Crippen LogP contribution in [0.3, 0.4) is 0 Å². The van der Waals surface area contributed by atoms with Crippen LogP contribution in [0, 0.1) is 0 Å². The SMILES string of the molecule is COCCOCc1nc(C2CCCCN2C(=O)Nc2cccc(Cl)c2)no1. The highest BCUT2D eigenvalue weighted by molar-refractivity contribution is 6.30. The van der Waals surface area contributed by atoms with Gasteiger partial charge < -0.3 is 24.2 Å². The molecule has 9 heteroatoms. The van der Waals surface area contributed by atoms with E-state index >= 15 is 0 Å². The number of likely N-dealkylation sites (tertiary alicyclic amines) is 1. The summed E-state index contributed by atoms with van der Waals surface area (Å²) in [4.78, 5) is 18.9. The second-order valence-corrected chi connectivity index (χ2v) is 6.67. The van der Waals surface area contributed by atoms with Crippen molar-refractivity contribution in [2.24, 2.45) is 0 Å². The van der Waals surface area contributed by atoms with Gasteiger partial charge in [-0.25, -0.2) is 4.79 Å². The highest BCUT2D eigenvalue weighted by Crippen LogP contribution is 2.30. The molecule has 3 rings (SSSR count). The highest BCUT2D eigenvalue weighted by Gasteiger charge is 2.31. The summed E-state index contributed by atoms with van der Waals surface area (Å²) < 4.78 is 15.6. The van der Waals surface area contributed by atoms with Gasteiger partial charge >= 0.3 is 6.03 Å². The highest BCUT2D eigenvalue weighted by atomic mass is 35.5. The number of nitrogens with zero attached hydrogens (tertiary/aromatic N) is 3. The number of ether oxygens (including phenoxy) is 2. The van der Waals surface area contributed by atoms with Crippen LogP contribution < -0.4 is 5.32 Å². The van der Waals surface area contributed by atoms with Gasteiger partial charge in [0.15, 0.2) is 5.82 Å². The van der Waals surface area contributed by atoms with E-state index in [1.807, 2.05) is 0 Å². The Morgan fingerprint density at radius 2 is 2.30 bits per heavy atom. The number of rotatable bonds is 7. The summed E-state index contributed by atoms with van der Waals surface area (Å²) in [6.45, 7) is 1.80. The largest absolute Gasteiger partial charge is 0.382 e. The minimum atomic E-state index is -0.227. The Morgan fingerprint density at radius 1 is 1.41 bits per heavy atom. The third kappa shape index (κ3) is 5.41. The first-order chi connectivity index (χ1) is 13.2. The van der Waals surface area contributed by atoms with Crippen molar-refractivity contribution >= 4 is 23.3 Å². The summed E-state index contributed by atoms with van der Waals surface area (Å²) in [6, 6.07) is 6.63. The van der Waals surface area contributed by atoms with E-state index in [1.165, 1.54) is 0 Å². The van der Waals surface area contributed by atoms with E-state index in [4.69, 9.17) is 25.6 Å². The van der Waals surface area contributed by atoms with E-state index in [0.717, 1.165) is 19.3 Å². The van der Waals surface area contributed by atoms with Crippen molar-refractivity contribution in [2.45, 2.75) is 31.9 Å². The molecular formula is C18H23ClN4O4. The first kappa shape index (κ1) is 19.6. The molecule has 27 heavy (non-hydrogen) atoms. The maximum Gasteiger partial charge on any atom is 0.322 e. The Labute approximate surface area is 162 Å². The lowest BCUT2D eigenvalue weighted by Gasteiger charge is -2.33. The summed E-state index contributed by atoms with van der Waals surface area (Å²) in [5.41, 5.74) is 0.650. The molecule has 1 aromatic heterocycles. The van der Waals surface area contributed by atoms with Crippen LogP contribution in [0.25, 0.3) is 0 Å². The van der Waals surface area contributed by atoms with Crippen LogP contribution in [-0.4, -0.2) is 47.9 Å². The van der Waals surface area contributed by atoms with Gasteiger partial charge in [0.25, 0.3) is 5.89 Å². The summed E-state index contributed by atoms with van der Waals surface area (Å²) in [5.74, 6) is 0.892. The first-order valence-electron chi connectivity index (χ1n) is 8.89. The van der Waals surface area contributed by atoms with Gasteiger partial charge in [-0.15, -0.1) is 0 Å². The summed E-state index contributed by atoms with van der Waals surface area (Å²) in [5, 5.41) is 7.51. The molecule has 0 aliphatic carbocycles. The van der Waals surface area contributed by atoms with Gasteiger partial charge in [-0.1, -0.05) is 22.8 Å². The number of urea groups is 1. The number of amides is 2. The molecule has 2 amide bonds. The molecule has 2 aromatic rings. The maximum atomic E-state index is 12.8. The van der Waals surface area contributed by atoms with E-state index in [-0.39, 0.29) is 18.7 Å². The molecule has 1 atom stereocenters. The number of benzene rings is 1. The quantitative estimate of drug-likeness (QED) is 0.721. The summed E-state index contributed by atoms with van der Waals surface area (Å²) in [7, 11) is 1.61. The molecule has 1 aromatic carbocycles. The van der Waals surface area contributed by atoms with E-state index in [9.17, 15) is 4.79 Å². The number of anilines is 1. The van der Waals surface area contributed by atoms with Crippen molar-refractivity contribution in [2.75, 3.05) is 32.2 Å². The smallest absolute Gasteiger partial charge is 0.322 e. The Bertz CT molecular complexity index is 754. The van der Waals surface area contributed by atoms with Crippen molar-refractivity contribution in [1.29, 1.82) is 0 Å². The molecule has 1 fully saturated rings. The zero-order valence-electron chi connectivity index (χ0n) is 15.2. The molecule has 8 nitrogen and oxygen atoms in total. The molecule has 1 aliphatic heterocycles. The zero-order chi connectivity index (χ0) is 19.1. The van der Waals surface area contributed by atoms with Crippen molar-refractivity contribution in [1.82, 2.24) is 15.0 Å². The third-order valence-electron chi connectivity index (χ3n) is 4.28. The predicted octanol–water partition coefficient (Wildman–Crippen LogP) is 3.65. The number of carbonyl (C=O) groups excluding carboxylic acids is 1. The predicted molar refractivity (Wildman–Crippen MR) is 99.6 cm³/mol. The minimum absolute atomic E-state index is 0.204. The van der Waals surface area contributed by atoms with Gasteiger partial charge in [0.1, 0.15) is 6.61 Å². The number of carbonyl (C=O) groups is 1. The Balaban J connectivity index is 1.64. The van der Waals surface area contributed by atoms with E-state index in [0.29, 0.717) is 42.2 Å². The zero-order valence-corrected chi connectivity index (χ0v) is 15.9. The fraction of sp³-hybridized carbons (Fsp3) is 0.500. The lowest BCUT2D eigenvalue weighted by Crippen LogP contribution is -2.41. The number of nitrogens with one attached hydrogen (secondary N) is 1. The van der Waals surface area contributed by atoms with Crippen LogP contribution in [0.2, 0.25) is 5.02 Å². The molecule has 1 unspecified atom stereocenters. The van der Waals surface area contributed by atoms with E-state index < -0.39 is 0 Å². The lowest BCUT2D eigenvalue weighted by molar-refractivity contribution is 0.0494. The average molecular weight is 395 g/mol. The van der Waals surface area contributed by atoms with Crippen LogP contribution in [0.15, 0.2) is 28.8 Å². The van der Waals surface area contributed by atoms with Crippen molar-refractivity contribution in [3.8, 4) is 0 Å². The molecule has 1 saturated heterocycles. The van der Waals surface area contributed by atoms with Crippen LogP contribution in [-0.2, 0) is 16.1 Å². The van der Waals surface area contributed by atoms with Crippen LogP contribution in [0.4, 0.5) is 10.5 Å². The fourth-order valence-electron chi connectivity index (χ4n) is 2.97. The molecule has 0 spiro atoms. The molecule has 1 N–H and O–H groups in total. The maximum absolute atomic E-state index is 12.8. The summed E-state index contributed by atoms with van der Waals surface area (Å²) in [6.07, 6.45) is 2.72. The number of halogens is 1.